The van der Waals surface area contributed by atoms with Gasteiger partial charge in [-0.15, -0.1) is 0 Å². The molecule has 1 N–H and O–H groups in total. The highest BCUT2D eigenvalue weighted by Gasteiger charge is 2.30. The summed E-state index contributed by atoms with van der Waals surface area (Å²) < 4.78 is 11.5. The molecule has 1 aliphatic rings. The van der Waals surface area contributed by atoms with Gasteiger partial charge in [0.05, 0.1) is 16.8 Å². The fourth-order valence-corrected chi connectivity index (χ4v) is 4.58. The molecule has 8 nitrogen and oxygen atoms in total. The number of amides is 2. The van der Waals surface area contributed by atoms with Crippen LogP contribution in [0.1, 0.15) is 29.3 Å². The molecule has 2 heterocycles. The number of esters is 1. The van der Waals surface area contributed by atoms with Gasteiger partial charge >= 0.3 is 5.97 Å². The van der Waals surface area contributed by atoms with Gasteiger partial charge in [0.1, 0.15) is 11.3 Å². The SMILES string of the molecule is Cc1c(-c2ccccc2)oc2c(C(=O)OCC(=O)N3c4ccccc4NC(=O)CC3C)cccc2c1=O. The normalized spacial score (nSPS) is 15.0. The number of anilines is 2. The van der Waals surface area contributed by atoms with Crippen molar-refractivity contribution in [3.8, 4) is 11.3 Å². The number of fused-ring (bicyclic) bond motifs is 2. The van der Waals surface area contributed by atoms with E-state index in [-0.39, 0.29) is 34.3 Å². The van der Waals surface area contributed by atoms with E-state index in [1.807, 2.05) is 30.3 Å². The topological polar surface area (TPSA) is 106 Å². The lowest BCUT2D eigenvalue weighted by Crippen LogP contribution is -2.41. The molecule has 0 bridgehead atoms. The third-order valence-corrected chi connectivity index (χ3v) is 6.36. The van der Waals surface area contributed by atoms with Crippen molar-refractivity contribution in [2.24, 2.45) is 0 Å². The number of hydrogen-bond donors (Lipinski definition) is 1. The molecule has 186 valence electrons. The summed E-state index contributed by atoms with van der Waals surface area (Å²) in [4.78, 5) is 53.1. The smallest absolute Gasteiger partial charge is 0.342 e. The summed E-state index contributed by atoms with van der Waals surface area (Å²) in [7, 11) is 0. The number of nitrogens with zero attached hydrogens (tertiary/aromatic N) is 1. The standard InChI is InChI=1S/C29H24N2O6/c1-17-15-24(32)30-22-13-6-7-14-23(22)31(17)25(33)16-36-29(35)21-12-8-11-20-26(34)18(2)27(37-28(20)21)19-9-4-3-5-10-19/h3-14,17H,15-16H2,1-2H3,(H,30,32). The van der Waals surface area contributed by atoms with Gasteiger partial charge in [-0.3, -0.25) is 14.4 Å². The summed E-state index contributed by atoms with van der Waals surface area (Å²) >= 11 is 0. The van der Waals surface area contributed by atoms with Crippen LogP contribution in [0.15, 0.2) is 82.0 Å². The van der Waals surface area contributed by atoms with Crippen LogP contribution in [-0.2, 0) is 14.3 Å². The van der Waals surface area contributed by atoms with Gasteiger partial charge in [-0.1, -0.05) is 48.5 Å². The number of ether oxygens (including phenoxy) is 1. The Labute approximate surface area is 212 Å². The van der Waals surface area contributed by atoms with Crippen molar-refractivity contribution < 1.29 is 23.5 Å². The van der Waals surface area contributed by atoms with E-state index in [9.17, 15) is 19.2 Å². The highest BCUT2D eigenvalue weighted by atomic mass is 16.5. The molecule has 1 aromatic heterocycles. The summed E-state index contributed by atoms with van der Waals surface area (Å²) in [5, 5.41) is 3.04. The van der Waals surface area contributed by atoms with Crippen LogP contribution in [0.3, 0.4) is 0 Å². The van der Waals surface area contributed by atoms with E-state index in [0.29, 0.717) is 28.3 Å². The van der Waals surface area contributed by atoms with E-state index in [0.717, 1.165) is 0 Å². The molecule has 0 saturated carbocycles. The first-order valence-corrected chi connectivity index (χ1v) is 11.8. The Kier molecular flexibility index (Phi) is 6.31. The number of hydrogen-bond acceptors (Lipinski definition) is 6. The third kappa shape index (κ3) is 4.49. The van der Waals surface area contributed by atoms with E-state index >= 15 is 0 Å². The Hall–Kier alpha value is -4.72. The number of carbonyl (C=O) groups is 3. The van der Waals surface area contributed by atoms with Gasteiger partial charge in [-0.2, -0.15) is 0 Å². The minimum absolute atomic E-state index is 0.0424. The predicted molar refractivity (Wildman–Crippen MR) is 140 cm³/mol. The van der Waals surface area contributed by atoms with Crippen LogP contribution < -0.4 is 15.6 Å². The molecule has 1 atom stereocenters. The molecular weight excluding hydrogens is 472 g/mol. The molecule has 3 aromatic carbocycles. The fraction of sp³-hybridized carbons (Fsp3) is 0.172. The lowest BCUT2D eigenvalue weighted by Gasteiger charge is -2.27. The Morgan fingerprint density at radius 1 is 1.00 bits per heavy atom. The van der Waals surface area contributed by atoms with Gasteiger partial charge in [0.2, 0.25) is 5.91 Å². The van der Waals surface area contributed by atoms with Crippen molar-refractivity contribution in [1.82, 2.24) is 0 Å². The molecule has 1 unspecified atom stereocenters. The van der Waals surface area contributed by atoms with Crippen LogP contribution >= 0.6 is 0 Å². The highest BCUT2D eigenvalue weighted by molar-refractivity contribution is 6.06. The zero-order chi connectivity index (χ0) is 26.1. The summed E-state index contributed by atoms with van der Waals surface area (Å²) in [6.07, 6.45) is 0.102. The van der Waals surface area contributed by atoms with E-state index in [2.05, 4.69) is 5.32 Å². The number of nitrogens with one attached hydrogen (secondary N) is 1. The van der Waals surface area contributed by atoms with Crippen molar-refractivity contribution >= 4 is 40.1 Å². The average molecular weight is 497 g/mol. The van der Waals surface area contributed by atoms with Crippen molar-refractivity contribution in [1.29, 1.82) is 0 Å². The zero-order valence-electron chi connectivity index (χ0n) is 20.3. The minimum atomic E-state index is -0.796. The summed E-state index contributed by atoms with van der Waals surface area (Å²) in [6.45, 7) is 2.88. The monoisotopic (exact) mass is 496 g/mol. The van der Waals surface area contributed by atoms with E-state index in [1.54, 1.807) is 50.2 Å². The molecule has 0 aliphatic carbocycles. The maximum Gasteiger partial charge on any atom is 0.342 e. The van der Waals surface area contributed by atoms with Gasteiger partial charge in [0, 0.05) is 23.6 Å². The molecule has 1 aliphatic heterocycles. The van der Waals surface area contributed by atoms with Crippen molar-refractivity contribution in [3.63, 3.8) is 0 Å². The number of carbonyl (C=O) groups excluding carboxylic acids is 3. The molecule has 0 fully saturated rings. The van der Waals surface area contributed by atoms with Gasteiger partial charge in [-0.05, 0) is 38.1 Å². The number of rotatable bonds is 4. The van der Waals surface area contributed by atoms with Crippen LogP contribution in [0.4, 0.5) is 11.4 Å². The van der Waals surface area contributed by atoms with Crippen LogP contribution in [0.5, 0.6) is 0 Å². The molecule has 0 radical (unpaired) electrons. The molecule has 5 rings (SSSR count). The molecule has 2 amide bonds. The molecule has 37 heavy (non-hydrogen) atoms. The van der Waals surface area contributed by atoms with Crippen LogP contribution in [0, 0.1) is 6.92 Å². The quantitative estimate of drug-likeness (QED) is 0.411. The first-order valence-electron chi connectivity index (χ1n) is 11.8. The van der Waals surface area contributed by atoms with Crippen molar-refractivity contribution in [2.45, 2.75) is 26.3 Å². The minimum Gasteiger partial charge on any atom is -0.455 e. The predicted octanol–water partition coefficient (Wildman–Crippen LogP) is 4.69. The van der Waals surface area contributed by atoms with Gasteiger partial charge in [0.15, 0.2) is 17.6 Å². The van der Waals surface area contributed by atoms with Crippen LogP contribution in [0.25, 0.3) is 22.3 Å². The summed E-state index contributed by atoms with van der Waals surface area (Å²) in [5.41, 5.74) is 2.05. The number of benzene rings is 3. The number of para-hydroxylation sites is 3. The van der Waals surface area contributed by atoms with Crippen LogP contribution in [0.2, 0.25) is 0 Å². The summed E-state index contributed by atoms with van der Waals surface area (Å²) in [6, 6.07) is 20.3. The van der Waals surface area contributed by atoms with E-state index in [4.69, 9.17) is 9.15 Å². The van der Waals surface area contributed by atoms with Crippen molar-refractivity contribution in [3.05, 3.63) is 94.1 Å². The second-order valence-electron chi connectivity index (χ2n) is 8.89. The molecule has 8 heteroatoms. The Bertz CT molecular complexity index is 1590. The lowest BCUT2D eigenvalue weighted by atomic mass is 10.0. The molecular formula is C29H24N2O6. The molecule has 4 aromatic rings. The van der Waals surface area contributed by atoms with E-state index in [1.165, 1.54) is 11.0 Å². The van der Waals surface area contributed by atoms with Crippen LogP contribution in [-0.4, -0.2) is 30.4 Å². The molecule has 0 saturated heterocycles. The highest BCUT2D eigenvalue weighted by Crippen LogP contribution is 2.32. The second kappa shape index (κ2) is 9.73. The first kappa shape index (κ1) is 24.0. The Morgan fingerprint density at radius 3 is 2.51 bits per heavy atom. The van der Waals surface area contributed by atoms with E-state index < -0.39 is 24.5 Å². The van der Waals surface area contributed by atoms with Crippen molar-refractivity contribution in [2.75, 3.05) is 16.8 Å². The van der Waals surface area contributed by atoms with Gasteiger partial charge in [-0.25, -0.2) is 4.79 Å². The largest absolute Gasteiger partial charge is 0.455 e. The van der Waals surface area contributed by atoms with Gasteiger partial charge in [0.25, 0.3) is 5.91 Å². The maximum absolute atomic E-state index is 13.2. The maximum atomic E-state index is 13.2. The lowest BCUT2D eigenvalue weighted by molar-refractivity contribution is -0.122. The second-order valence-corrected chi connectivity index (χ2v) is 8.89. The Balaban J connectivity index is 1.45. The average Bonchev–Trinajstić information content (AvgIpc) is 3.03. The fourth-order valence-electron chi connectivity index (χ4n) is 4.58. The zero-order valence-corrected chi connectivity index (χ0v) is 20.3. The Morgan fingerprint density at radius 2 is 1.73 bits per heavy atom. The first-order chi connectivity index (χ1) is 17.8. The van der Waals surface area contributed by atoms with Gasteiger partial charge < -0.3 is 19.4 Å². The third-order valence-electron chi connectivity index (χ3n) is 6.36. The summed E-state index contributed by atoms with van der Waals surface area (Å²) in [5.74, 6) is -1.12. The molecule has 0 spiro atoms.